The van der Waals surface area contributed by atoms with E-state index >= 15 is 0 Å². The zero-order valence-corrected chi connectivity index (χ0v) is 16.5. The van der Waals surface area contributed by atoms with Crippen molar-refractivity contribution in [3.8, 4) is 0 Å². The van der Waals surface area contributed by atoms with Gasteiger partial charge in [0.1, 0.15) is 0 Å². The molecular formula is C17H16ClF3O3S2. The SMILES string of the molecule is CSc1ccc(C(C)(OS(=O)(=O)c2ccc(C)cc2)C(F)(F)F)cc1Cl. The summed E-state index contributed by atoms with van der Waals surface area (Å²) in [5, 5.41) is 0.0850. The Morgan fingerprint density at radius 3 is 2.12 bits per heavy atom. The average molecular weight is 425 g/mol. The molecule has 0 N–H and O–H groups in total. The summed E-state index contributed by atoms with van der Waals surface area (Å²) in [4.78, 5) is 0.215. The molecular weight excluding hydrogens is 409 g/mol. The lowest BCUT2D eigenvalue weighted by Gasteiger charge is -2.32. The number of halogens is 4. The molecule has 0 bridgehead atoms. The monoisotopic (exact) mass is 424 g/mol. The maximum Gasteiger partial charge on any atom is 0.422 e. The fourth-order valence-electron chi connectivity index (χ4n) is 2.19. The fourth-order valence-corrected chi connectivity index (χ4v) is 4.26. The largest absolute Gasteiger partial charge is 0.422 e. The third-order valence-corrected chi connectivity index (χ3v) is 6.45. The minimum absolute atomic E-state index is 0.0850. The molecule has 0 aliphatic rings. The molecule has 3 nitrogen and oxygen atoms in total. The van der Waals surface area contributed by atoms with Crippen LogP contribution in [0.5, 0.6) is 0 Å². The van der Waals surface area contributed by atoms with E-state index in [2.05, 4.69) is 0 Å². The Bertz CT molecular complexity index is 896. The summed E-state index contributed by atoms with van der Waals surface area (Å²) in [5.74, 6) is 0. The first kappa shape index (κ1) is 21.1. The summed E-state index contributed by atoms with van der Waals surface area (Å²) >= 11 is 7.26. The Morgan fingerprint density at radius 2 is 1.65 bits per heavy atom. The summed E-state index contributed by atoms with van der Waals surface area (Å²) in [6.07, 6.45) is -3.27. The number of hydrogen-bond acceptors (Lipinski definition) is 4. The van der Waals surface area contributed by atoms with Gasteiger partial charge in [0.2, 0.25) is 5.60 Å². The first-order valence-corrected chi connectivity index (χ1v) is 10.3. The van der Waals surface area contributed by atoms with Gasteiger partial charge in [-0.2, -0.15) is 21.6 Å². The van der Waals surface area contributed by atoms with Gasteiger partial charge in [0.15, 0.2) is 0 Å². The van der Waals surface area contributed by atoms with E-state index in [1.807, 2.05) is 0 Å². The summed E-state index contributed by atoms with van der Waals surface area (Å²) in [5.41, 5.74) is -2.72. The van der Waals surface area contributed by atoms with Crippen molar-refractivity contribution in [3.05, 3.63) is 58.6 Å². The van der Waals surface area contributed by atoms with Crippen LogP contribution in [0.2, 0.25) is 5.02 Å². The smallest absolute Gasteiger partial charge is 0.245 e. The van der Waals surface area contributed by atoms with Crippen molar-refractivity contribution in [1.29, 1.82) is 0 Å². The lowest BCUT2D eigenvalue weighted by Crippen LogP contribution is -2.43. The molecule has 2 rings (SSSR count). The molecule has 1 atom stereocenters. The molecule has 0 aliphatic heterocycles. The number of alkyl halides is 3. The Kier molecular flexibility index (Phi) is 6.02. The summed E-state index contributed by atoms with van der Waals surface area (Å²) in [7, 11) is -4.66. The third-order valence-electron chi connectivity index (χ3n) is 3.83. The minimum atomic E-state index is -4.99. The minimum Gasteiger partial charge on any atom is -0.245 e. The molecule has 1 unspecified atom stereocenters. The van der Waals surface area contributed by atoms with Crippen LogP contribution in [0.25, 0.3) is 0 Å². The van der Waals surface area contributed by atoms with Gasteiger partial charge in [-0.25, -0.2) is 4.18 Å². The van der Waals surface area contributed by atoms with Gasteiger partial charge in [0.05, 0.1) is 9.92 Å². The highest BCUT2D eigenvalue weighted by molar-refractivity contribution is 7.98. The van der Waals surface area contributed by atoms with E-state index in [1.54, 1.807) is 13.2 Å². The first-order valence-electron chi connectivity index (χ1n) is 7.34. The second kappa shape index (κ2) is 7.42. The van der Waals surface area contributed by atoms with Crippen LogP contribution in [-0.4, -0.2) is 20.8 Å². The van der Waals surface area contributed by atoms with Crippen LogP contribution in [0.15, 0.2) is 52.3 Å². The van der Waals surface area contributed by atoms with Crippen molar-refractivity contribution < 1.29 is 25.8 Å². The number of hydrogen-bond donors (Lipinski definition) is 0. The number of benzene rings is 2. The van der Waals surface area contributed by atoms with Crippen LogP contribution in [0, 0.1) is 6.92 Å². The van der Waals surface area contributed by atoms with Crippen LogP contribution in [-0.2, 0) is 19.9 Å². The molecule has 142 valence electrons. The fraction of sp³-hybridized carbons (Fsp3) is 0.294. The van der Waals surface area contributed by atoms with Crippen molar-refractivity contribution >= 4 is 33.5 Å². The van der Waals surface area contributed by atoms with Gasteiger partial charge >= 0.3 is 6.18 Å². The molecule has 2 aromatic rings. The summed E-state index contributed by atoms with van der Waals surface area (Å²) < 4.78 is 70.9. The van der Waals surface area contributed by atoms with Crippen LogP contribution < -0.4 is 0 Å². The topological polar surface area (TPSA) is 43.4 Å². The number of rotatable bonds is 5. The standard InChI is InChI=1S/C17H16ClF3O3S2/c1-11-4-7-13(8-5-11)26(22,23)24-16(2,17(19,20)21)12-6-9-15(25-3)14(18)10-12/h4-10H,1-3H3. The molecule has 0 aliphatic carbocycles. The Hall–Kier alpha value is -1.22. The molecule has 0 saturated carbocycles. The van der Waals surface area contributed by atoms with Crippen LogP contribution >= 0.6 is 23.4 Å². The van der Waals surface area contributed by atoms with Gasteiger partial charge in [-0.15, -0.1) is 11.8 Å². The molecule has 0 heterocycles. The highest BCUT2D eigenvalue weighted by atomic mass is 35.5. The Balaban J connectivity index is 2.54. The highest BCUT2D eigenvalue weighted by Crippen LogP contribution is 2.45. The van der Waals surface area contributed by atoms with Crippen molar-refractivity contribution in [2.45, 2.75) is 35.4 Å². The number of thioether (sulfide) groups is 1. The molecule has 0 fully saturated rings. The van der Waals surface area contributed by atoms with Gasteiger partial charge in [0, 0.05) is 4.90 Å². The van der Waals surface area contributed by atoms with Gasteiger partial charge in [-0.1, -0.05) is 35.4 Å². The normalized spacial score (nSPS) is 14.9. The second-order valence-electron chi connectivity index (χ2n) is 5.73. The maximum atomic E-state index is 13.8. The quantitative estimate of drug-likeness (QED) is 0.466. The van der Waals surface area contributed by atoms with E-state index in [4.69, 9.17) is 15.8 Å². The summed E-state index contributed by atoms with van der Waals surface area (Å²) in [6.45, 7) is 2.40. The van der Waals surface area contributed by atoms with Crippen molar-refractivity contribution in [1.82, 2.24) is 0 Å². The van der Waals surface area contributed by atoms with E-state index in [0.717, 1.165) is 17.7 Å². The number of aryl methyl sites for hydroxylation is 1. The zero-order valence-electron chi connectivity index (χ0n) is 14.1. The van der Waals surface area contributed by atoms with Gasteiger partial charge < -0.3 is 0 Å². The molecule has 2 aromatic carbocycles. The molecule has 0 aromatic heterocycles. The van der Waals surface area contributed by atoms with Crippen molar-refractivity contribution in [2.75, 3.05) is 6.26 Å². The lowest BCUT2D eigenvalue weighted by atomic mass is 9.95. The molecule has 0 amide bonds. The van der Waals surface area contributed by atoms with Gasteiger partial charge in [-0.3, -0.25) is 0 Å². The van der Waals surface area contributed by atoms with Gasteiger partial charge in [-0.05, 0) is 49.9 Å². The van der Waals surface area contributed by atoms with E-state index < -0.39 is 27.5 Å². The maximum absolute atomic E-state index is 13.8. The van der Waals surface area contributed by atoms with Crippen LogP contribution in [0.4, 0.5) is 13.2 Å². The molecule has 9 heteroatoms. The Morgan fingerprint density at radius 1 is 1.08 bits per heavy atom. The third kappa shape index (κ3) is 4.19. The molecule has 0 saturated heterocycles. The average Bonchev–Trinajstić information content (AvgIpc) is 2.53. The summed E-state index contributed by atoms with van der Waals surface area (Å²) in [6, 6.07) is 8.99. The Labute approximate surface area is 159 Å². The van der Waals surface area contributed by atoms with E-state index in [-0.39, 0.29) is 9.92 Å². The predicted molar refractivity (Wildman–Crippen MR) is 96.1 cm³/mol. The molecule has 0 spiro atoms. The second-order valence-corrected chi connectivity index (χ2v) is 8.53. The van der Waals surface area contributed by atoms with E-state index in [1.165, 1.54) is 42.1 Å². The molecule has 26 heavy (non-hydrogen) atoms. The van der Waals surface area contributed by atoms with E-state index in [9.17, 15) is 21.6 Å². The molecule has 0 radical (unpaired) electrons. The first-order chi connectivity index (χ1) is 11.9. The van der Waals surface area contributed by atoms with Crippen LogP contribution in [0.1, 0.15) is 18.1 Å². The van der Waals surface area contributed by atoms with Gasteiger partial charge in [0.25, 0.3) is 10.1 Å². The van der Waals surface area contributed by atoms with E-state index in [0.29, 0.717) is 11.8 Å². The van der Waals surface area contributed by atoms with Crippen molar-refractivity contribution in [3.63, 3.8) is 0 Å². The predicted octanol–water partition coefficient (Wildman–Crippen LogP) is 5.55. The van der Waals surface area contributed by atoms with Crippen molar-refractivity contribution in [2.24, 2.45) is 0 Å². The highest BCUT2D eigenvalue weighted by Gasteiger charge is 2.56. The zero-order chi connectivity index (χ0) is 19.8. The lowest BCUT2D eigenvalue weighted by molar-refractivity contribution is -0.246. The van der Waals surface area contributed by atoms with Crippen LogP contribution in [0.3, 0.4) is 0 Å².